The molecule has 0 radical (unpaired) electrons. The number of nitrogens with zero attached hydrogens (tertiary/aromatic N) is 3. The molecule has 1 saturated heterocycles. The minimum Gasteiger partial charge on any atom is -0.390 e. The van der Waals surface area contributed by atoms with Crippen LogP contribution in [0.2, 0.25) is 0 Å². The van der Waals surface area contributed by atoms with E-state index in [1.165, 1.54) is 11.1 Å². The molecular formula is C32H39N5O2S. The predicted molar refractivity (Wildman–Crippen MR) is 162 cm³/mol. The van der Waals surface area contributed by atoms with Crippen LogP contribution >= 0.6 is 0 Å². The summed E-state index contributed by atoms with van der Waals surface area (Å²) in [5.74, 6) is 6.97. The van der Waals surface area contributed by atoms with Crippen LogP contribution in [0.3, 0.4) is 0 Å². The van der Waals surface area contributed by atoms with E-state index < -0.39 is 11.0 Å². The van der Waals surface area contributed by atoms with E-state index >= 15 is 0 Å². The highest BCUT2D eigenvalue weighted by Gasteiger charge is 2.49. The molecular weight excluding hydrogens is 518 g/mol. The van der Waals surface area contributed by atoms with Gasteiger partial charge in [-0.15, -0.1) is 0 Å². The molecule has 0 amide bonds. The minimum absolute atomic E-state index is 0.00684. The first-order valence-electron chi connectivity index (χ1n) is 14.0. The van der Waals surface area contributed by atoms with E-state index in [1.54, 1.807) is 6.20 Å². The van der Waals surface area contributed by atoms with E-state index in [9.17, 15) is 9.32 Å². The standard InChI is InChI=1S/C32H39N5O2S/c1-31(2,3)40(39)36-29-27-15-8-7-11-24(27)21-32(29)16-19-37(20-17-32)30-28(23-38)35-26(22-34-30)14-9-10-18-33-25-12-5-4-6-13-25/h4-8,11-13,15,22,29,33,36,38H,10,16-21,23H2,1-3H3/t29-,40?/m1/s1. The monoisotopic (exact) mass is 557 g/mol. The number of benzene rings is 2. The molecule has 1 aliphatic heterocycles. The summed E-state index contributed by atoms with van der Waals surface area (Å²) in [5.41, 5.74) is 4.81. The van der Waals surface area contributed by atoms with E-state index in [-0.39, 0.29) is 22.8 Å². The molecule has 5 rings (SSSR count). The first-order chi connectivity index (χ1) is 19.3. The lowest BCUT2D eigenvalue weighted by atomic mass is 9.73. The van der Waals surface area contributed by atoms with Crippen molar-refractivity contribution in [2.45, 2.75) is 63.9 Å². The quantitative estimate of drug-likeness (QED) is 0.287. The van der Waals surface area contributed by atoms with E-state index in [0.717, 1.165) is 50.4 Å². The number of para-hydroxylation sites is 1. The second kappa shape index (κ2) is 12.1. The van der Waals surface area contributed by atoms with Crippen LogP contribution < -0.4 is 14.9 Å². The summed E-state index contributed by atoms with van der Waals surface area (Å²) in [6.45, 7) is 8.19. The zero-order valence-corrected chi connectivity index (χ0v) is 24.4. The number of hydrogen-bond donors (Lipinski definition) is 3. The molecule has 2 aliphatic rings. The van der Waals surface area contributed by atoms with E-state index in [4.69, 9.17) is 4.98 Å². The molecule has 40 heavy (non-hydrogen) atoms. The number of rotatable bonds is 7. The lowest BCUT2D eigenvalue weighted by Gasteiger charge is -2.44. The van der Waals surface area contributed by atoms with Gasteiger partial charge in [0.25, 0.3) is 0 Å². The predicted octanol–water partition coefficient (Wildman–Crippen LogP) is 4.76. The Labute approximate surface area is 240 Å². The third-order valence-corrected chi connectivity index (χ3v) is 9.46. The second-order valence-corrected chi connectivity index (χ2v) is 13.7. The fraction of sp³-hybridized carbons (Fsp3) is 0.438. The molecule has 1 spiro atoms. The minimum atomic E-state index is -1.16. The summed E-state index contributed by atoms with van der Waals surface area (Å²) in [7, 11) is -1.16. The van der Waals surface area contributed by atoms with Crippen LogP contribution in [0, 0.1) is 17.3 Å². The van der Waals surface area contributed by atoms with Crippen LogP contribution in [-0.4, -0.2) is 43.7 Å². The number of aliphatic hydroxyl groups excluding tert-OH is 1. The second-order valence-electron chi connectivity index (χ2n) is 11.7. The van der Waals surface area contributed by atoms with Crippen molar-refractivity contribution < 1.29 is 9.32 Å². The fourth-order valence-corrected chi connectivity index (χ4v) is 6.66. The normalized spacial score (nSPS) is 18.6. The Balaban J connectivity index is 1.25. The largest absolute Gasteiger partial charge is 0.390 e. The lowest BCUT2D eigenvalue weighted by Crippen LogP contribution is -2.48. The number of aliphatic hydroxyl groups is 1. The highest BCUT2D eigenvalue weighted by molar-refractivity contribution is 7.84. The van der Waals surface area contributed by atoms with Crippen LogP contribution in [0.25, 0.3) is 0 Å². The number of aromatic nitrogens is 2. The maximum absolute atomic E-state index is 13.2. The van der Waals surface area contributed by atoms with Gasteiger partial charge in [0.1, 0.15) is 11.4 Å². The Bertz CT molecular complexity index is 1400. The summed E-state index contributed by atoms with van der Waals surface area (Å²) in [6.07, 6.45) is 5.23. The summed E-state index contributed by atoms with van der Waals surface area (Å²) >= 11 is 0. The van der Waals surface area contributed by atoms with Gasteiger partial charge >= 0.3 is 0 Å². The van der Waals surface area contributed by atoms with E-state index in [0.29, 0.717) is 17.8 Å². The summed E-state index contributed by atoms with van der Waals surface area (Å²) in [6, 6.07) is 18.7. The van der Waals surface area contributed by atoms with Crippen molar-refractivity contribution in [1.29, 1.82) is 0 Å². The van der Waals surface area contributed by atoms with Gasteiger partial charge < -0.3 is 15.3 Å². The van der Waals surface area contributed by atoms with Crippen molar-refractivity contribution >= 4 is 22.5 Å². The number of piperidine rings is 1. The maximum Gasteiger partial charge on any atom is 0.152 e. The smallest absolute Gasteiger partial charge is 0.152 e. The first-order valence-corrected chi connectivity index (χ1v) is 15.2. The maximum atomic E-state index is 13.2. The third-order valence-electron chi connectivity index (χ3n) is 7.90. The average Bonchev–Trinajstić information content (AvgIpc) is 3.25. The van der Waals surface area contributed by atoms with E-state index in [1.807, 2.05) is 51.1 Å². The zero-order valence-electron chi connectivity index (χ0n) is 23.6. The number of hydrogen-bond acceptors (Lipinski definition) is 6. The Kier molecular flexibility index (Phi) is 8.55. The molecule has 1 aromatic heterocycles. The molecule has 1 unspecified atom stereocenters. The van der Waals surface area contributed by atoms with Crippen molar-refractivity contribution in [1.82, 2.24) is 14.7 Å². The van der Waals surface area contributed by atoms with Gasteiger partial charge in [-0.2, -0.15) is 0 Å². The molecule has 1 fully saturated rings. The molecule has 3 aromatic rings. The molecule has 2 atom stereocenters. The van der Waals surface area contributed by atoms with Crippen molar-refractivity contribution in [2.24, 2.45) is 5.41 Å². The number of anilines is 2. The van der Waals surface area contributed by atoms with Gasteiger partial charge in [-0.25, -0.2) is 18.9 Å². The molecule has 1 aliphatic carbocycles. The summed E-state index contributed by atoms with van der Waals surface area (Å²) < 4.78 is 16.3. The van der Waals surface area contributed by atoms with Crippen molar-refractivity contribution in [3.63, 3.8) is 0 Å². The topological polar surface area (TPSA) is 90.4 Å². The zero-order chi connectivity index (χ0) is 28.2. The van der Waals surface area contributed by atoms with Gasteiger partial charge in [-0.1, -0.05) is 48.4 Å². The van der Waals surface area contributed by atoms with Gasteiger partial charge in [0.2, 0.25) is 0 Å². The van der Waals surface area contributed by atoms with E-state index in [2.05, 4.69) is 56.0 Å². The Morgan fingerprint density at radius 1 is 1.10 bits per heavy atom. The van der Waals surface area contributed by atoms with Crippen LogP contribution in [0.15, 0.2) is 60.8 Å². The molecule has 2 heterocycles. The molecule has 7 nitrogen and oxygen atoms in total. The molecule has 0 saturated carbocycles. The summed E-state index contributed by atoms with van der Waals surface area (Å²) in [4.78, 5) is 11.5. The first kappa shape index (κ1) is 28.3. The Morgan fingerprint density at radius 2 is 1.82 bits per heavy atom. The average molecular weight is 558 g/mol. The summed E-state index contributed by atoms with van der Waals surface area (Å²) in [5, 5.41) is 13.5. The Hall–Kier alpha value is -3.25. The molecule has 3 N–H and O–H groups in total. The molecule has 8 heteroatoms. The van der Waals surface area contributed by atoms with Gasteiger partial charge in [0.05, 0.1) is 34.6 Å². The third kappa shape index (κ3) is 6.22. The van der Waals surface area contributed by atoms with Crippen LogP contribution in [0.5, 0.6) is 0 Å². The molecule has 2 aromatic carbocycles. The van der Waals surface area contributed by atoms with Crippen LogP contribution in [0.4, 0.5) is 11.5 Å². The number of nitrogens with one attached hydrogen (secondary N) is 2. The molecule has 0 bridgehead atoms. The molecule has 210 valence electrons. The van der Waals surface area contributed by atoms with Gasteiger partial charge in [-0.3, -0.25) is 0 Å². The highest BCUT2D eigenvalue weighted by atomic mass is 32.2. The fourth-order valence-electron chi connectivity index (χ4n) is 5.72. The van der Waals surface area contributed by atoms with Gasteiger partial charge in [0, 0.05) is 31.7 Å². The SMILES string of the molecule is CC(C)(C)S(=O)N[C@@H]1c2ccccc2CC12CCN(c1ncc(C#CCCNc3ccccc3)nc1CO)CC2. The van der Waals surface area contributed by atoms with Crippen molar-refractivity contribution in [3.8, 4) is 11.8 Å². The highest BCUT2D eigenvalue weighted by Crippen LogP contribution is 2.52. The number of fused-ring (bicyclic) bond motifs is 1. The van der Waals surface area contributed by atoms with Crippen molar-refractivity contribution in [3.05, 3.63) is 83.3 Å². The lowest BCUT2D eigenvalue weighted by molar-refractivity contribution is 0.177. The van der Waals surface area contributed by atoms with Crippen molar-refractivity contribution in [2.75, 3.05) is 29.9 Å². The Morgan fingerprint density at radius 3 is 2.55 bits per heavy atom. The van der Waals surface area contributed by atoms with Crippen LogP contribution in [0.1, 0.15) is 68.6 Å². The van der Waals surface area contributed by atoms with Crippen LogP contribution in [-0.2, 0) is 24.0 Å². The van der Waals surface area contributed by atoms with Gasteiger partial charge in [0.15, 0.2) is 5.82 Å². The van der Waals surface area contributed by atoms with Gasteiger partial charge in [-0.05, 0) is 74.6 Å².